The fourth-order valence-corrected chi connectivity index (χ4v) is 4.40. The van der Waals surface area contributed by atoms with Crippen molar-refractivity contribution in [2.45, 2.75) is 31.1 Å². The van der Waals surface area contributed by atoms with Crippen LogP contribution in [0.1, 0.15) is 18.9 Å². The molecule has 0 saturated carbocycles. The first-order valence-corrected chi connectivity index (χ1v) is 9.67. The molecule has 1 aliphatic rings. The lowest BCUT2D eigenvalue weighted by atomic mass is 10.1. The SMILES string of the molecule is CC1OCCC1CS(=O)(=O)c1ccc(OCc2ccccc2)cn1. The minimum atomic E-state index is -3.41. The number of nitrogens with zero attached hydrogens (tertiary/aromatic N) is 1. The molecule has 6 heteroatoms. The molecule has 3 rings (SSSR count). The van der Waals surface area contributed by atoms with E-state index >= 15 is 0 Å². The van der Waals surface area contributed by atoms with Crippen molar-refractivity contribution in [2.75, 3.05) is 12.4 Å². The van der Waals surface area contributed by atoms with Gasteiger partial charge in [-0.15, -0.1) is 0 Å². The summed E-state index contributed by atoms with van der Waals surface area (Å²) in [6.07, 6.45) is 2.22. The highest BCUT2D eigenvalue weighted by Crippen LogP contribution is 2.25. The first-order chi connectivity index (χ1) is 11.5. The number of aromatic nitrogens is 1. The lowest BCUT2D eigenvalue weighted by Crippen LogP contribution is -2.22. The summed E-state index contributed by atoms with van der Waals surface area (Å²) in [7, 11) is -3.41. The lowest BCUT2D eigenvalue weighted by molar-refractivity contribution is 0.110. The van der Waals surface area contributed by atoms with E-state index in [0.29, 0.717) is 19.0 Å². The van der Waals surface area contributed by atoms with Crippen molar-refractivity contribution in [3.8, 4) is 5.75 Å². The van der Waals surface area contributed by atoms with E-state index in [1.807, 2.05) is 37.3 Å². The van der Waals surface area contributed by atoms with Crippen LogP contribution in [-0.2, 0) is 21.2 Å². The minimum absolute atomic E-state index is 0.0201. The molecule has 1 aromatic heterocycles. The van der Waals surface area contributed by atoms with E-state index in [2.05, 4.69) is 4.98 Å². The number of hydrogen-bond acceptors (Lipinski definition) is 5. The maximum atomic E-state index is 12.5. The van der Waals surface area contributed by atoms with Gasteiger partial charge in [-0.25, -0.2) is 13.4 Å². The van der Waals surface area contributed by atoms with Gasteiger partial charge in [-0.2, -0.15) is 0 Å². The summed E-state index contributed by atoms with van der Waals surface area (Å²) >= 11 is 0. The topological polar surface area (TPSA) is 65.5 Å². The van der Waals surface area contributed by atoms with Crippen LogP contribution < -0.4 is 4.74 Å². The largest absolute Gasteiger partial charge is 0.487 e. The van der Waals surface area contributed by atoms with Crippen molar-refractivity contribution >= 4 is 9.84 Å². The van der Waals surface area contributed by atoms with Crippen molar-refractivity contribution in [1.82, 2.24) is 4.98 Å². The highest BCUT2D eigenvalue weighted by Gasteiger charge is 2.30. The molecule has 2 unspecified atom stereocenters. The number of pyridine rings is 1. The third-order valence-electron chi connectivity index (χ3n) is 4.24. The number of benzene rings is 1. The van der Waals surface area contributed by atoms with Crippen molar-refractivity contribution in [3.05, 3.63) is 54.2 Å². The molecule has 0 spiro atoms. The molecule has 1 aliphatic heterocycles. The number of ether oxygens (including phenoxy) is 2. The molecule has 24 heavy (non-hydrogen) atoms. The van der Waals surface area contributed by atoms with Gasteiger partial charge >= 0.3 is 0 Å². The molecule has 2 aromatic rings. The molecule has 0 N–H and O–H groups in total. The Labute approximate surface area is 142 Å². The van der Waals surface area contributed by atoms with Crippen LogP contribution in [0.3, 0.4) is 0 Å². The van der Waals surface area contributed by atoms with Crippen LogP contribution in [0.4, 0.5) is 0 Å². The van der Waals surface area contributed by atoms with Crippen LogP contribution in [-0.4, -0.2) is 31.9 Å². The van der Waals surface area contributed by atoms with Crippen molar-refractivity contribution in [3.63, 3.8) is 0 Å². The second kappa shape index (κ2) is 7.32. The third kappa shape index (κ3) is 4.13. The molecule has 128 valence electrons. The summed E-state index contributed by atoms with van der Waals surface area (Å²) in [4.78, 5) is 4.08. The van der Waals surface area contributed by atoms with Gasteiger partial charge < -0.3 is 9.47 Å². The third-order valence-corrected chi connectivity index (χ3v) is 5.99. The molecular formula is C18H21NO4S. The smallest absolute Gasteiger partial charge is 0.195 e. The standard InChI is InChI=1S/C18H21NO4S/c1-14-16(9-10-22-14)13-24(20,21)18-8-7-17(11-19-18)23-12-15-5-3-2-4-6-15/h2-8,11,14,16H,9-10,12-13H2,1H3. The Hall–Kier alpha value is -1.92. The Kier molecular flexibility index (Phi) is 5.16. The molecule has 2 heterocycles. The van der Waals surface area contributed by atoms with Crippen LogP contribution in [0, 0.1) is 5.92 Å². The summed E-state index contributed by atoms with van der Waals surface area (Å²) in [6, 6.07) is 12.9. The number of rotatable bonds is 6. The molecular weight excluding hydrogens is 326 g/mol. The first kappa shape index (κ1) is 16.9. The zero-order valence-electron chi connectivity index (χ0n) is 13.6. The molecule has 1 saturated heterocycles. The summed E-state index contributed by atoms with van der Waals surface area (Å²) in [5.74, 6) is 0.659. The Morgan fingerprint density at radius 2 is 2.00 bits per heavy atom. The van der Waals surface area contributed by atoms with Gasteiger partial charge in [0.2, 0.25) is 0 Å². The maximum Gasteiger partial charge on any atom is 0.195 e. The molecule has 2 atom stereocenters. The van der Waals surface area contributed by atoms with Gasteiger partial charge in [-0.05, 0) is 31.0 Å². The fraction of sp³-hybridized carbons (Fsp3) is 0.389. The summed E-state index contributed by atoms with van der Waals surface area (Å²) in [5, 5.41) is 0.0914. The van der Waals surface area contributed by atoms with E-state index in [9.17, 15) is 8.42 Å². The minimum Gasteiger partial charge on any atom is -0.487 e. The highest BCUT2D eigenvalue weighted by molar-refractivity contribution is 7.91. The molecule has 0 radical (unpaired) electrons. The van der Waals surface area contributed by atoms with Gasteiger partial charge in [0.1, 0.15) is 12.4 Å². The van der Waals surface area contributed by atoms with E-state index in [-0.39, 0.29) is 22.8 Å². The summed E-state index contributed by atoms with van der Waals surface area (Å²) in [5.41, 5.74) is 1.05. The van der Waals surface area contributed by atoms with E-state index in [1.54, 1.807) is 6.07 Å². The lowest BCUT2D eigenvalue weighted by Gasteiger charge is -2.14. The highest BCUT2D eigenvalue weighted by atomic mass is 32.2. The molecule has 1 fully saturated rings. The van der Waals surface area contributed by atoms with Crippen LogP contribution in [0.25, 0.3) is 0 Å². The molecule has 5 nitrogen and oxygen atoms in total. The van der Waals surface area contributed by atoms with Crippen LogP contribution >= 0.6 is 0 Å². The van der Waals surface area contributed by atoms with Crippen LogP contribution in [0.2, 0.25) is 0 Å². The number of sulfone groups is 1. The van der Waals surface area contributed by atoms with E-state index < -0.39 is 9.84 Å². The first-order valence-electron chi connectivity index (χ1n) is 8.02. The predicted octanol–water partition coefficient (Wildman–Crippen LogP) is 2.86. The van der Waals surface area contributed by atoms with Crippen molar-refractivity contribution < 1.29 is 17.9 Å². The van der Waals surface area contributed by atoms with Crippen LogP contribution in [0.5, 0.6) is 5.75 Å². The molecule has 1 aromatic carbocycles. The predicted molar refractivity (Wildman–Crippen MR) is 90.6 cm³/mol. The maximum absolute atomic E-state index is 12.5. The Bertz CT molecular complexity index is 759. The molecule has 0 amide bonds. The Morgan fingerprint density at radius 3 is 2.62 bits per heavy atom. The summed E-state index contributed by atoms with van der Waals surface area (Å²) in [6.45, 7) is 2.97. The van der Waals surface area contributed by atoms with E-state index in [0.717, 1.165) is 12.0 Å². The fourth-order valence-electron chi connectivity index (χ4n) is 2.74. The molecule has 0 aliphatic carbocycles. The zero-order valence-corrected chi connectivity index (χ0v) is 14.4. The van der Waals surface area contributed by atoms with Crippen molar-refractivity contribution in [1.29, 1.82) is 0 Å². The normalized spacial score (nSPS) is 20.9. The average molecular weight is 347 g/mol. The van der Waals surface area contributed by atoms with Gasteiger partial charge in [0.25, 0.3) is 0 Å². The Balaban J connectivity index is 1.63. The van der Waals surface area contributed by atoms with Crippen molar-refractivity contribution in [2.24, 2.45) is 5.92 Å². The van der Waals surface area contributed by atoms with Gasteiger partial charge in [0.05, 0.1) is 18.1 Å². The van der Waals surface area contributed by atoms with Gasteiger partial charge in [-0.3, -0.25) is 0 Å². The summed E-state index contributed by atoms with van der Waals surface area (Å²) < 4.78 is 36.0. The average Bonchev–Trinajstić information content (AvgIpc) is 2.98. The monoisotopic (exact) mass is 347 g/mol. The van der Waals surface area contributed by atoms with E-state index in [1.165, 1.54) is 12.3 Å². The van der Waals surface area contributed by atoms with Gasteiger partial charge in [-0.1, -0.05) is 30.3 Å². The quantitative estimate of drug-likeness (QED) is 0.804. The second-order valence-electron chi connectivity index (χ2n) is 6.01. The molecule has 0 bridgehead atoms. The number of hydrogen-bond donors (Lipinski definition) is 0. The van der Waals surface area contributed by atoms with Gasteiger partial charge in [0, 0.05) is 12.5 Å². The van der Waals surface area contributed by atoms with E-state index in [4.69, 9.17) is 9.47 Å². The van der Waals surface area contributed by atoms with Gasteiger partial charge in [0.15, 0.2) is 14.9 Å². The Morgan fingerprint density at radius 1 is 1.21 bits per heavy atom. The van der Waals surface area contributed by atoms with Crippen LogP contribution in [0.15, 0.2) is 53.7 Å². The second-order valence-corrected chi connectivity index (χ2v) is 7.99. The zero-order chi connectivity index (χ0) is 17.0.